The Kier molecular flexibility index (Phi) is 40.8. The molecule has 0 saturated carbocycles. The van der Waals surface area contributed by atoms with Gasteiger partial charge < -0.3 is 21.6 Å². The number of carbonyl (C=O) groups is 3. The first-order valence-corrected chi connectivity index (χ1v) is 12.5. The number of amides is 2. The second-order valence-electron chi connectivity index (χ2n) is 7.51. The quantitative estimate of drug-likeness (QED) is 0.254. The van der Waals surface area contributed by atoms with E-state index in [9.17, 15) is 14.4 Å². The number of likely N-dealkylation sites (tertiary alicyclic amines) is 1. The lowest BCUT2D eigenvalue weighted by Crippen LogP contribution is -2.41. The number of hydrogen-bond donors (Lipinski definition) is 3. The maximum Gasteiger partial charge on any atom is 0.234 e. The maximum atomic E-state index is 11.2. The van der Waals surface area contributed by atoms with Crippen LogP contribution in [0.5, 0.6) is 0 Å². The topological polar surface area (TPSA) is 119 Å². The molecule has 1 aliphatic heterocycles. The summed E-state index contributed by atoms with van der Waals surface area (Å²) in [4.78, 5) is 34.0. The minimum absolute atomic E-state index is 0.162. The minimum Gasteiger partial charge on any atom is -0.368 e. The lowest BCUT2D eigenvalue weighted by molar-refractivity contribution is -0.122. The van der Waals surface area contributed by atoms with Crippen molar-refractivity contribution < 1.29 is 14.4 Å². The van der Waals surface area contributed by atoms with Crippen LogP contribution in [0.2, 0.25) is 0 Å². The van der Waals surface area contributed by atoms with Crippen LogP contribution >= 0.6 is 0 Å². The lowest BCUT2D eigenvalue weighted by atomic mass is 10.0. The summed E-state index contributed by atoms with van der Waals surface area (Å²) in [6.07, 6.45) is 16.8. The molecule has 0 aromatic carbocycles. The predicted molar refractivity (Wildman–Crippen MR) is 148 cm³/mol. The molecule has 1 unspecified atom stereocenters. The van der Waals surface area contributed by atoms with E-state index in [1.807, 2.05) is 53.5 Å². The highest BCUT2D eigenvalue weighted by Crippen LogP contribution is 2.25. The third-order valence-corrected chi connectivity index (χ3v) is 4.72. The summed E-state index contributed by atoms with van der Waals surface area (Å²) in [5.41, 5.74) is 11.9. The third-order valence-electron chi connectivity index (χ3n) is 4.72. The van der Waals surface area contributed by atoms with Gasteiger partial charge >= 0.3 is 0 Å². The van der Waals surface area contributed by atoms with E-state index in [1.165, 1.54) is 12.0 Å². The number of allylic oxidation sites excluding steroid dienone is 2. The summed E-state index contributed by atoms with van der Waals surface area (Å²) in [7, 11) is 1.91. The minimum atomic E-state index is -0.402. The zero-order valence-electron chi connectivity index (χ0n) is 23.8. The van der Waals surface area contributed by atoms with E-state index >= 15 is 0 Å². The molecule has 2 amide bonds. The average molecular weight is 485 g/mol. The Morgan fingerprint density at radius 3 is 1.88 bits per heavy atom. The van der Waals surface area contributed by atoms with Crippen LogP contribution < -0.4 is 16.8 Å². The molecule has 202 valence electrons. The van der Waals surface area contributed by atoms with Crippen LogP contribution in [-0.4, -0.2) is 54.7 Å². The van der Waals surface area contributed by atoms with E-state index < -0.39 is 6.04 Å². The molecular formula is C27H56N4O3. The Labute approximate surface area is 211 Å². The summed E-state index contributed by atoms with van der Waals surface area (Å²) < 4.78 is 0. The number of nitrogens with two attached hydrogens (primary N) is 2. The van der Waals surface area contributed by atoms with Gasteiger partial charge in [0.2, 0.25) is 12.3 Å². The molecule has 1 aliphatic rings. The van der Waals surface area contributed by atoms with Crippen molar-refractivity contribution >= 4 is 18.6 Å². The fourth-order valence-electron chi connectivity index (χ4n) is 2.76. The Morgan fingerprint density at radius 1 is 1.15 bits per heavy atom. The van der Waals surface area contributed by atoms with E-state index in [-0.39, 0.29) is 11.9 Å². The molecule has 0 aromatic heterocycles. The molecule has 34 heavy (non-hydrogen) atoms. The monoisotopic (exact) mass is 484 g/mol. The molecule has 0 aromatic rings. The van der Waals surface area contributed by atoms with Gasteiger partial charge in [0.05, 0.1) is 12.1 Å². The number of nitrogens with one attached hydrogen (secondary N) is 1. The molecule has 5 N–H and O–H groups in total. The van der Waals surface area contributed by atoms with Crippen molar-refractivity contribution in [3.05, 3.63) is 11.6 Å². The van der Waals surface area contributed by atoms with Crippen molar-refractivity contribution in [1.82, 2.24) is 10.2 Å². The van der Waals surface area contributed by atoms with E-state index in [0.29, 0.717) is 24.9 Å². The second kappa shape index (κ2) is 33.0. The zero-order valence-corrected chi connectivity index (χ0v) is 23.8. The predicted octanol–water partition coefficient (Wildman–Crippen LogP) is 4.44. The molecule has 1 rings (SSSR count). The van der Waals surface area contributed by atoms with Gasteiger partial charge in [-0.3, -0.25) is 14.5 Å². The van der Waals surface area contributed by atoms with Gasteiger partial charge in [0.15, 0.2) is 0 Å². The number of terminal acetylenes is 1. The number of nitrogens with zero attached hydrogens (tertiary/aromatic N) is 1. The molecule has 1 heterocycles. The molecule has 0 bridgehead atoms. The van der Waals surface area contributed by atoms with Gasteiger partial charge in [-0.2, -0.15) is 0 Å². The first-order valence-electron chi connectivity index (χ1n) is 12.5. The molecule has 1 saturated heterocycles. The second-order valence-corrected chi connectivity index (χ2v) is 7.51. The smallest absolute Gasteiger partial charge is 0.234 e. The van der Waals surface area contributed by atoms with Crippen molar-refractivity contribution in [3.8, 4) is 12.8 Å². The van der Waals surface area contributed by atoms with Gasteiger partial charge in [0, 0.05) is 6.04 Å². The van der Waals surface area contributed by atoms with Gasteiger partial charge in [0.25, 0.3) is 0 Å². The fourth-order valence-corrected chi connectivity index (χ4v) is 2.76. The molecule has 3 atom stereocenters. The largest absolute Gasteiger partial charge is 0.368 e. The van der Waals surface area contributed by atoms with Crippen molar-refractivity contribution in [2.24, 2.45) is 11.5 Å². The lowest BCUT2D eigenvalue weighted by Gasteiger charge is -2.24. The summed E-state index contributed by atoms with van der Waals surface area (Å²) in [5, 5.41) is 2.46. The highest BCUT2D eigenvalue weighted by molar-refractivity contribution is 5.80. The van der Waals surface area contributed by atoms with Crippen molar-refractivity contribution in [3.63, 3.8) is 0 Å². The zero-order chi connectivity index (χ0) is 28.1. The molecule has 7 heteroatoms. The summed E-state index contributed by atoms with van der Waals surface area (Å²) in [6.45, 7) is 18.3. The first kappa shape index (κ1) is 42.0. The molecule has 0 aliphatic carbocycles. The standard InChI is InChI=1S/C12H21N3O3.C6H12.C3H9N.2C2H6.C2H2/c1-15-10(5-6-11(15)12(13)18)4-2-3-9(7-16)14-8-17;1-4-6(3)5-2;1-3(2)4;3*1-2/h7-11H,2-6H2,1H3,(H2,13,18)(H,14,17);4H,5H2,1-3H3;3H,4H2,1-2H3;2*1-2H3;1-2H/b;6-4-;;;;/t9-,10-,11?;;;;;/m0...../s1. The van der Waals surface area contributed by atoms with Crippen molar-refractivity contribution in [1.29, 1.82) is 0 Å². The summed E-state index contributed by atoms with van der Waals surface area (Å²) in [5.74, 6) is -0.270. The van der Waals surface area contributed by atoms with Gasteiger partial charge in [-0.15, -0.1) is 12.8 Å². The van der Waals surface area contributed by atoms with Crippen LogP contribution in [0.25, 0.3) is 0 Å². The molecule has 1 fully saturated rings. The van der Waals surface area contributed by atoms with Crippen LogP contribution in [0.3, 0.4) is 0 Å². The van der Waals surface area contributed by atoms with E-state index in [4.69, 9.17) is 11.5 Å². The number of carbonyl (C=O) groups excluding carboxylic acids is 3. The Hall–Kier alpha value is -2.17. The summed E-state index contributed by atoms with van der Waals surface area (Å²) in [6, 6.07) is 0.108. The number of likely N-dealkylation sites (N-methyl/N-ethyl adjacent to an activating group) is 1. The van der Waals surface area contributed by atoms with E-state index in [2.05, 4.69) is 45.0 Å². The molecular weight excluding hydrogens is 428 g/mol. The van der Waals surface area contributed by atoms with Crippen LogP contribution in [0.1, 0.15) is 101 Å². The maximum absolute atomic E-state index is 11.2. The number of rotatable bonds is 9. The van der Waals surface area contributed by atoms with Crippen LogP contribution in [0, 0.1) is 12.8 Å². The first-order chi connectivity index (χ1) is 16.1. The third kappa shape index (κ3) is 27.9. The molecule has 0 spiro atoms. The van der Waals surface area contributed by atoms with Crippen LogP contribution in [-0.2, 0) is 14.4 Å². The van der Waals surface area contributed by atoms with Gasteiger partial charge in [-0.1, -0.05) is 60.1 Å². The Bertz CT molecular complexity index is 503. The fraction of sp³-hybridized carbons (Fsp3) is 0.741. The van der Waals surface area contributed by atoms with Gasteiger partial charge in [-0.25, -0.2) is 0 Å². The highest BCUT2D eigenvalue weighted by atomic mass is 16.1. The summed E-state index contributed by atoms with van der Waals surface area (Å²) >= 11 is 0. The Balaban J connectivity index is -0.000000145. The van der Waals surface area contributed by atoms with Crippen molar-refractivity contribution in [2.75, 3.05) is 7.05 Å². The molecule has 0 radical (unpaired) electrons. The number of primary amides is 1. The molecule has 7 nitrogen and oxygen atoms in total. The van der Waals surface area contributed by atoms with Crippen LogP contribution in [0.4, 0.5) is 0 Å². The number of hydrogen-bond acceptors (Lipinski definition) is 5. The van der Waals surface area contributed by atoms with E-state index in [1.54, 1.807) is 0 Å². The number of aldehydes is 1. The van der Waals surface area contributed by atoms with Gasteiger partial charge in [0.1, 0.15) is 6.29 Å². The Morgan fingerprint density at radius 2 is 1.62 bits per heavy atom. The van der Waals surface area contributed by atoms with E-state index in [0.717, 1.165) is 32.0 Å². The normalized spacial score (nSPS) is 17.2. The SMILES string of the molecule is C#C.C/C=C(/C)CC.CC.CC.CC(C)N.CN1C(C(N)=O)CC[C@@H]1CCC[C@@H](C=O)NC=O. The highest BCUT2D eigenvalue weighted by Gasteiger charge is 2.33. The average Bonchev–Trinajstić information content (AvgIpc) is 3.22. The van der Waals surface area contributed by atoms with Crippen LogP contribution in [0.15, 0.2) is 11.6 Å². The van der Waals surface area contributed by atoms with Gasteiger partial charge in [-0.05, 0) is 65.5 Å². The van der Waals surface area contributed by atoms with Crippen molar-refractivity contribution in [2.45, 2.75) is 125 Å².